The van der Waals surface area contributed by atoms with Crippen molar-refractivity contribution >= 4 is 11.7 Å². The highest BCUT2D eigenvalue weighted by Gasteiger charge is 2.36. The van der Waals surface area contributed by atoms with Gasteiger partial charge in [-0.05, 0) is 36.1 Å². The standard InChI is InChI=1S/C18H20N2O3/c1-23-15-7-4-6-14(11-15)20-17(21)19-12-18(22)10-9-13-5-2-3-8-16(13)18/h2-8,11,22H,9-10,12H2,1H3,(H2,19,20,21). The molecular weight excluding hydrogens is 292 g/mol. The molecule has 0 spiro atoms. The number of hydrogen-bond acceptors (Lipinski definition) is 3. The smallest absolute Gasteiger partial charge is 0.319 e. The van der Waals surface area contributed by atoms with Gasteiger partial charge in [-0.25, -0.2) is 4.79 Å². The minimum Gasteiger partial charge on any atom is -0.497 e. The van der Waals surface area contributed by atoms with E-state index in [1.807, 2.05) is 24.3 Å². The van der Waals surface area contributed by atoms with Gasteiger partial charge in [0.1, 0.15) is 11.4 Å². The van der Waals surface area contributed by atoms with Crippen LogP contribution < -0.4 is 15.4 Å². The number of carbonyl (C=O) groups excluding carboxylic acids is 1. The lowest BCUT2D eigenvalue weighted by atomic mass is 9.96. The number of urea groups is 1. The second kappa shape index (κ2) is 6.30. The Kier molecular flexibility index (Phi) is 4.21. The second-order valence-corrected chi connectivity index (χ2v) is 5.73. The van der Waals surface area contributed by atoms with Crippen molar-refractivity contribution in [1.29, 1.82) is 0 Å². The Labute approximate surface area is 135 Å². The molecular formula is C18H20N2O3. The summed E-state index contributed by atoms with van der Waals surface area (Å²) in [6.07, 6.45) is 1.44. The summed E-state index contributed by atoms with van der Waals surface area (Å²) < 4.78 is 5.12. The van der Waals surface area contributed by atoms with Crippen molar-refractivity contribution in [1.82, 2.24) is 5.32 Å². The summed E-state index contributed by atoms with van der Waals surface area (Å²) in [5.74, 6) is 0.672. The summed E-state index contributed by atoms with van der Waals surface area (Å²) in [6.45, 7) is 0.180. The number of methoxy groups -OCH3 is 1. The SMILES string of the molecule is COc1cccc(NC(=O)NCC2(O)CCc3ccccc32)c1. The van der Waals surface area contributed by atoms with E-state index in [1.54, 1.807) is 31.4 Å². The van der Waals surface area contributed by atoms with E-state index < -0.39 is 5.60 Å². The van der Waals surface area contributed by atoms with Crippen LogP contribution in [0.2, 0.25) is 0 Å². The zero-order valence-electron chi connectivity index (χ0n) is 13.0. The minimum atomic E-state index is -0.998. The van der Waals surface area contributed by atoms with Crippen LogP contribution in [0, 0.1) is 0 Å². The van der Waals surface area contributed by atoms with Gasteiger partial charge in [-0.1, -0.05) is 30.3 Å². The van der Waals surface area contributed by atoms with Gasteiger partial charge in [-0.3, -0.25) is 0 Å². The highest BCUT2D eigenvalue weighted by molar-refractivity contribution is 5.89. The number of anilines is 1. The van der Waals surface area contributed by atoms with E-state index in [2.05, 4.69) is 10.6 Å². The minimum absolute atomic E-state index is 0.180. The molecule has 2 amide bonds. The quantitative estimate of drug-likeness (QED) is 0.813. The molecule has 1 aliphatic rings. The van der Waals surface area contributed by atoms with Crippen molar-refractivity contribution in [2.24, 2.45) is 0 Å². The molecule has 0 radical (unpaired) electrons. The monoisotopic (exact) mass is 312 g/mol. The molecule has 3 N–H and O–H groups in total. The maximum absolute atomic E-state index is 12.0. The van der Waals surface area contributed by atoms with Gasteiger partial charge < -0.3 is 20.5 Å². The van der Waals surface area contributed by atoms with Gasteiger partial charge in [0.15, 0.2) is 0 Å². The third-order valence-corrected chi connectivity index (χ3v) is 4.20. The highest BCUT2D eigenvalue weighted by Crippen LogP contribution is 2.36. The molecule has 23 heavy (non-hydrogen) atoms. The largest absolute Gasteiger partial charge is 0.497 e. The molecule has 0 aliphatic heterocycles. The molecule has 0 saturated heterocycles. The molecule has 0 heterocycles. The van der Waals surface area contributed by atoms with Gasteiger partial charge >= 0.3 is 6.03 Å². The van der Waals surface area contributed by atoms with E-state index in [0.29, 0.717) is 17.9 Å². The Hall–Kier alpha value is -2.53. The lowest BCUT2D eigenvalue weighted by Crippen LogP contribution is -2.41. The highest BCUT2D eigenvalue weighted by atomic mass is 16.5. The number of rotatable bonds is 4. The van der Waals surface area contributed by atoms with Gasteiger partial charge in [0.25, 0.3) is 0 Å². The topological polar surface area (TPSA) is 70.6 Å². The van der Waals surface area contributed by atoms with Crippen LogP contribution >= 0.6 is 0 Å². The molecule has 5 heteroatoms. The summed E-state index contributed by atoms with van der Waals surface area (Å²) in [7, 11) is 1.58. The zero-order chi connectivity index (χ0) is 16.3. The normalized spacial score (nSPS) is 19.0. The van der Waals surface area contributed by atoms with Gasteiger partial charge in [-0.2, -0.15) is 0 Å². The molecule has 0 bridgehead atoms. The molecule has 1 aliphatic carbocycles. The lowest BCUT2D eigenvalue weighted by molar-refractivity contribution is 0.0417. The third kappa shape index (κ3) is 3.29. The Balaban J connectivity index is 1.61. The zero-order valence-corrected chi connectivity index (χ0v) is 13.0. The van der Waals surface area contributed by atoms with Crippen molar-refractivity contribution < 1.29 is 14.6 Å². The van der Waals surface area contributed by atoms with Crippen LogP contribution in [0.4, 0.5) is 10.5 Å². The number of fused-ring (bicyclic) bond motifs is 1. The number of aryl methyl sites for hydroxylation is 1. The summed E-state index contributed by atoms with van der Waals surface area (Å²) in [6, 6.07) is 14.6. The molecule has 0 aromatic heterocycles. The average Bonchev–Trinajstić information content (AvgIpc) is 2.91. The molecule has 1 unspecified atom stereocenters. The Morgan fingerprint density at radius 2 is 2.09 bits per heavy atom. The van der Waals surface area contributed by atoms with Crippen LogP contribution in [-0.4, -0.2) is 24.8 Å². The van der Waals surface area contributed by atoms with E-state index in [4.69, 9.17) is 4.74 Å². The maximum Gasteiger partial charge on any atom is 0.319 e. The van der Waals surface area contributed by atoms with E-state index in [-0.39, 0.29) is 12.6 Å². The fourth-order valence-corrected chi connectivity index (χ4v) is 2.95. The summed E-state index contributed by atoms with van der Waals surface area (Å²) in [4.78, 5) is 12.0. The van der Waals surface area contributed by atoms with Crippen molar-refractivity contribution in [3.8, 4) is 5.75 Å². The number of aliphatic hydroxyl groups is 1. The number of benzene rings is 2. The fourth-order valence-electron chi connectivity index (χ4n) is 2.95. The fraction of sp³-hybridized carbons (Fsp3) is 0.278. The third-order valence-electron chi connectivity index (χ3n) is 4.20. The summed E-state index contributed by atoms with van der Waals surface area (Å²) in [5, 5.41) is 16.3. The molecule has 120 valence electrons. The number of hydrogen-bond donors (Lipinski definition) is 3. The van der Waals surface area contributed by atoms with Crippen LogP contribution in [0.25, 0.3) is 0 Å². The first kappa shape index (κ1) is 15.4. The second-order valence-electron chi connectivity index (χ2n) is 5.73. The Morgan fingerprint density at radius 1 is 1.26 bits per heavy atom. The Bertz CT molecular complexity index is 717. The van der Waals surface area contributed by atoms with E-state index in [0.717, 1.165) is 17.5 Å². The van der Waals surface area contributed by atoms with Crippen molar-refractivity contribution in [2.75, 3.05) is 19.0 Å². The lowest BCUT2D eigenvalue weighted by Gasteiger charge is -2.24. The van der Waals surface area contributed by atoms with Crippen LogP contribution in [0.15, 0.2) is 48.5 Å². The maximum atomic E-state index is 12.0. The number of amides is 2. The Morgan fingerprint density at radius 3 is 2.91 bits per heavy atom. The predicted molar refractivity (Wildman–Crippen MR) is 88.7 cm³/mol. The molecule has 0 saturated carbocycles. The predicted octanol–water partition coefficient (Wildman–Crippen LogP) is 2.65. The van der Waals surface area contributed by atoms with E-state index in [9.17, 15) is 9.90 Å². The van der Waals surface area contributed by atoms with E-state index in [1.165, 1.54) is 0 Å². The van der Waals surface area contributed by atoms with Gasteiger partial charge in [-0.15, -0.1) is 0 Å². The molecule has 0 fully saturated rings. The first-order valence-electron chi connectivity index (χ1n) is 7.60. The van der Waals surface area contributed by atoms with Gasteiger partial charge in [0.2, 0.25) is 0 Å². The first-order valence-corrected chi connectivity index (χ1v) is 7.60. The number of carbonyl (C=O) groups is 1. The van der Waals surface area contributed by atoms with Crippen LogP contribution in [0.1, 0.15) is 17.5 Å². The van der Waals surface area contributed by atoms with E-state index >= 15 is 0 Å². The van der Waals surface area contributed by atoms with Crippen molar-refractivity contribution in [2.45, 2.75) is 18.4 Å². The molecule has 2 aromatic carbocycles. The van der Waals surface area contributed by atoms with Crippen LogP contribution in [0.3, 0.4) is 0 Å². The van der Waals surface area contributed by atoms with Crippen LogP contribution in [0.5, 0.6) is 5.75 Å². The van der Waals surface area contributed by atoms with Crippen molar-refractivity contribution in [3.63, 3.8) is 0 Å². The van der Waals surface area contributed by atoms with Crippen molar-refractivity contribution in [3.05, 3.63) is 59.7 Å². The number of ether oxygens (including phenoxy) is 1. The summed E-state index contributed by atoms with van der Waals surface area (Å²) in [5.41, 5.74) is 1.69. The summed E-state index contributed by atoms with van der Waals surface area (Å²) >= 11 is 0. The van der Waals surface area contributed by atoms with Crippen LogP contribution in [-0.2, 0) is 12.0 Å². The molecule has 2 aromatic rings. The molecule has 5 nitrogen and oxygen atoms in total. The number of nitrogens with one attached hydrogen (secondary N) is 2. The average molecular weight is 312 g/mol. The van der Waals surface area contributed by atoms with Gasteiger partial charge in [0.05, 0.1) is 13.7 Å². The first-order chi connectivity index (χ1) is 11.1. The molecule has 3 rings (SSSR count). The molecule has 1 atom stereocenters. The van der Waals surface area contributed by atoms with Gasteiger partial charge in [0, 0.05) is 11.8 Å².